The van der Waals surface area contributed by atoms with Gasteiger partial charge in [-0.3, -0.25) is 38.4 Å². The van der Waals surface area contributed by atoms with E-state index in [4.69, 9.17) is 0 Å². The van der Waals surface area contributed by atoms with Crippen LogP contribution in [0.1, 0.15) is 21.5 Å². The number of aliphatic imine (C=N–C) groups is 1. The second kappa shape index (κ2) is 16.3. The molecule has 6 aromatic rings. The van der Waals surface area contributed by atoms with Crippen LogP contribution in [-0.4, -0.2) is 89.3 Å². The first-order valence-corrected chi connectivity index (χ1v) is 22.9. The first kappa shape index (κ1) is 44.0. The molecule has 5 aromatic carbocycles. The van der Waals surface area contributed by atoms with Crippen molar-refractivity contribution in [3.8, 4) is 0 Å². The molecular weight excluding hydrogens is 916 g/mol. The molecule has 27 heteroatoms. The molecule has 0 radical (unpaired) electrons. The van der Waals surface area contributed by atoms with Crippen LogP contribution in [0.25, 0.3) is 16.8 Å². The van der Waals surface area contributed by atoms with Crippen molar-refractivity contribution in [2.75, 3.05) is 5.43 Å². The fraction of sp³-hybridized carbons (Fsp3) is 0. The number of hydrogen-bond acceptors (Lipinski definition) is 15. The van der Waals surface area contributed by atoms with Gasteiger partial charge in [0.25, 0.3) is 46.6 Å². The van der Waals surface area contributed by atoms with E-state index in [0.717, 1.165) is 18.2 Å². The highest BCUT2D eigenvalue weighted by Gasteiger charge is 2.36. The van der Waals surface area contributed by atoms with E-state index in [0.29, 0.717) is 23.6 Å². The van der Waals surface area contributed by atoms with E-state index in [-0.39, 0.29) is 22.3 Å². The summed E-state index contributed by atoms with van der Waals surface area (Å²) in [7, 11) is -20.6. The molecule has 22 nitrogen and oxygen atoms in total. The summed E-state index contributed by atoms with van der Waals surface area (Å²) < 4.78 is 154. The number of fused-ring (bicyclic) bond motifs is 2. The number of aliphatic hydroxyl groups is 1. The van der Waals surface area contributed by atoms with E-state index in [1.807, 2.05) is 0 Å². The molecule has 324 valence electrons. The Hall–Kier alpha value is -7.11. The number of hydrogen-bond donors (Lipinski definition) is 8. The second-order valence-corrected chi connectivity index (χ2v) is 18.4. The molecule has 0 saturated heterocycles. The monoisotopic (exact) mass is 940 g/mol. The minimum atomic E-state index is -5.44. The van der Waals surface area contributed by atoms with E-state index in [1.54, 1.807) is 18.2 Å². The van der Waals surface area contributed by atoms with Crippen LogP contribution in [0.15, 0.2) is 137 Å². The summed E-state index contributed by atoms with van der Waals surface area (Å²) in [5.41, 5.74) is -3.22. The van der Waals surface area contributed by atoms with Crippen molar-refractivity contribution in [3.05, 3.63) is 136 Å². The maximum atomic E-state index is 14.8. The maximum Gasteiger partial charge on any atom is 0.297 e. The zero-order valence-corrected chi connectivity index (χ0v) is 34.2. The van der Waals surface area contributed by atoms with Gasteiger partial charge in [-0.1, -0.05) is 48.5 Å². The number of anilines is 1. The molecule has 0 amide bonds. The number of aliphatic hydroxyl groups excluding tert-OH is 1. The molecule has 1 aliphatic carbocycles. The molecule has 0 bridgehead atoms. The van der Waals surface area contributed by atoms with Crippen molar-refractivity contribution < 1.29 is 66.2 Å². The highest BCUT2D eigenvalue weighted by molar-refractivity contribution is 7.91. The summed E-state index contributed by atoms with van der Waals surface area (Å²) in [5, 5.41) is 15.0. The van der Waals surface area contributed by atoms with E-state index in [1.165, 1.54) is 48.5 Å². The fourth-order valence-corrected chi connectivity index (χ4v) is 8.73. The van der Waals surface area contributed by atoms with Gasteiger partial charge in [0.05, 0.1) is 33.2 Å². The lowest BCUT2D eigenvalue weighted by Crippen LogP contribution is -2.28. The smallest absolute Gasteiger partial charge is 0.297 e. The molecular formula is C36H25FN8O14S4. The average Bonchev–Trinajstić information content (AvgIpc) is 3.18. The fourth-order valence-electron chi connectivity index (χ4n) is 6.07. The molecule has 63 heavy (non-hydrogen) atoms. The van der Waals surface area contributed by atoms with Crippen LogP contribution in [0.2, 0.25) is 0 Å². The van der Waals surface area contributed by atoms with E-state index in [9.17, 15) is 66.2 Å². The third-order valence-corrected chi connectivity index (χ3v) is 12.2. The van der Waals surface area contributed by atoms with Gasteiger partial charge in [-0.05, 0) is 65.6 Å². The van der Waals surface area contributed by atoms with E-state index >= 15 is 0 Å². The molecule has 0 unspecified atom stereocenters. The highest BCUT2D eigenvalue weighted by atomic mass is 32.2. The number of aromatic nitrogens is 3. The first-order chi connectivity index (χ1) is 29.5. The molecule has 0 fully saturated rings. The third kappa shape index (κ3) is 9.54. The number of allylic oxidation sites excluding steroid dienone is 1. The second-order valence-electron chi connectivity index (χ2n) is 12.9. The molecule has 7 rings (SSSR count). The van der Waals surface area contributed by atoms with Crippen molar-refractivity contribution in [2.24, 2.45) is 20.1 Å². The molecule has 8 N–H and O–H groups in total. The summed E-state index contributed by atoms with van der Waals surface area (Å²) in [6.45, 7) is 0. The van der Waals surface area contributed by atoms with Crippen LogP contribution in [0.3, 0.4) is 0 Å². The summed E-state index contributed by atoms with van der Waals surface area (Å²) in [5.74, 6) is -2.17. The van der Waals surface area contributed by atoms with Gasteiger partial charge in [0, 0.05) is 10.9 Å². The third-order valence-electron chi connectivity index (χ3n) is 8.69. The Balaban J connectivity index is 1.35. The SMILES string of the molecule is O=C1/C(=N/Nc2cc(N=c3nc(F)[nH]c(=Nc4ccc5ccccc5c4S(=O)(=O)O)[nH]3)ccc2S(=O)(=O)O)C(S(=O)(=O)O)=Cc2cc(S(=O)(=O)O)cc(N=C(O)c3ccccc3)c21. The maximum absolute atomic E-state index is 14.8. The van der Waals surface area contributed by atoms with Crippen molar-refractivity contribution in [3.63, 3.8) is 0 Å². The Bertz CT molecular complexity index is 3650. The number of rotatable bonds is 10. The number of nitrogens with one attached hydrogen (secondary N) is 3. The number of halogens is 1. The predicted octanol–water partition coefficient (Wildman–Crippen LogP) is 3.76. The topological polar surface area (TPSA) is 361 Å². The Labute approximate surface area is 353 Å². The van der Waals surface area contributed by atoms with Gasteiger partial charge >= 0.3 is 0 Å². The number of aromatic amines is 2. The number of Topliss-reactive ketones (excluding diaryl/α,β-unsaturated/α-hetero) is 1. The van der Waals surface area contributed by atoms with Gasteiger partial charge < -0.3 is 5.11 Å². The Morgan fingerprint density at radius 3 is 2.08 bits per heavy atom. The van der Waals surface area contributed by atoms with Gasteiger partial charge in [0.1, 0.15) is 14.7 Å². The van der Waals surface area contributed by atoms with Crippen molar-refractivity contribution in [2.45, 2.75) is 14.7 Å². The Morgan fingerprint density at radius 1 is 0.714 bits per heavy atom. The lowest BCUT2D eigenvalue weighted by Gasteiger charge is -2.19. The van der Waals surface area contributed by atoms with Crippen LogP contribution in [-0.2, 0) is 40.5 Å². The largest absolute Gasteiger partial charge is 0.493 e. The van der Waals surface area contributed by atoms with Crippen molar-refractivity contribution >= 4 is 97.5 Å². The Morgan fingerprint density at radius 2 is 1.41 bits per heavy atom. The summed E-state index contributed by atoms with van der Waals surface area (Å²) in [6.07, 6.45) is -0.748. The van der Waals surface area contributed by atoms with Gasteiger partial charge in [0.2, 0.25) is 22.9 Å². The predicted molar refractivity (Wildman–Crippen MR) is 220 cm³/mol. The molecule has 0 spiro atoms. The average molecular weight is 941 g/mol. The normalized spacial score (nSPS) is 15.1. The summed E-state index contributed by atoms with van der Waals surface area (Å²) in [6, 6.07) is 20.1. The number of carbonyl (C=O) groups excluding carboxylic acids is 1. The van der Waals surface area contributed by atoms with Gasteiger partial charge in [-0.25, -0.2) is 15.0 Å². The number of hydrazone groups is 1. The number of H-pyrrole nitrogens is 2. The summed E-state index contributed by atoms with van der Waals surface area (Å²) in [4.78, 5) is 30.5. The lowest BCUT2D eigenvalue weighted by molar-refractivity contribution is 0.106. The quantitative estimate of drug-likeness (QED) is 0.0419. The first-order valence-electron chi connectivity index (χ1n) is 17.1. The van der Waals surface area contributed by atoms with E-state index < -0.39 is 117 Å². The zero-order valence-electron chi connectivity index (χ0n) is 31.0. The van der Waals surface area contributed by atoms with Crippen molar-refractivity contribution in [1.82, 2.24) is 15.0 Å². The van der Waals surface area contributed by atoms with Crippen LogP contribution in [0.5, 0.6) is 0 Å². The standard InChI is InChI=1S/C36H25FN8O14S4/c37-34-41-35(43-36(42-34)40-24-12-10-18-6-4-5-9-23(18)32(24)63(57,58)59)38-21-11-13-27(61(51,52)53)25(16-21)44-45-30-28(62(54,55)56)15-20-14-22(60(48,49)50)17-26(29(20)31(30)46)39-33(47)19-7-2-1-3-8-19/h1-17,44H,(H,39,47)(H,48,49,50)(H,51,52,53)(H,54,55,56)(H,57,58,59)(H2,38,40,41,42,43)/b45-30+. The number of ketones is 1. The molecule has 0 aliphatic heterocycles. The number of nitrogens with zero attached hydrogens (tertiary/aromatic N) is 5. The van der Waals surface area contributed by atoms with Crippen LogP contribution >= 0.6 is 0 Å². The van der Waals surface area contributed by atoms with Crippen LogP contribution < -0.4 is 16.7 Å². The minimum absolute atomic E-state index is 0.0746. The van der Waals surface area contributed by atoms with Gasteiger partial charge in [-0.2, -0.15) is 48.1 Å². The molecule has 1 aromatic heterocycles. The molecule has 1 aliphatic rings. The molecule has 0 saturated carbocycles. The van der Waals surface area contributed by atoms with Gasteiger partial charge in [-0.15, -0.1) is 0 Å². The highest BCUT2D eigenvalue weighted by Crippen LogP contribution is 2.36. The number of benzene rings is 5. The number of carbonyl (C=O) groups is 1. The lowest BCUT2D eigenvalue weighted by atomic mass is 9.93. The van der Waals surface area contributed by atoms with Crippen molar-refractivity contribution in [1.29, 1.82) is 0 Å². The van der Waals surface area contributed by atoms with E-state index in [2.05, 4.69) is 40.5 Å². The Kier molecular flexibility index (Phi) is 11.4. The van der Waals surface area contributed by atoms with Crippen LogP contribution in [0, 0.1) is 6.08 Å². The minimum Gasteiger partial charge on any atom is -0.493 e. The molecule has 1 heterocycles. The van der Waals surface area contributed by atoms with Gasteiger partial charge in [0.15, 0.2) is 5.71 Å². The molecule has 0 atom stereocenters. The van der Waals surface area contributed by atoms with Crippen LogP contribution in [0.4, 0.5) is 27.1 Å². The summed E-state index contributed by atoms with van der Waals surface area (Å²) >= 11 is 0. The zero-order chi connectivity index (χ0) is 45.6.